The number of cyclic esters (lactones) is 1. The molecule has 1 N–H and O–H groups in total. The first-order chi connectivity index (χ1) is 12.6. The van der Waals surface area contributed by atoms with Gasteiger partial charge in [-0.2, -0.15) is 0 Å². The molecule has 0 unspecified atom stereocenters. The Labute approximate surface area is 150 Å². The molecule has 0 aromatic heterocycles. The highest BCUT2D eigenvalue weighted by atomic mass is 16.7. The Morgan fingerprint density at radius 1 is 1.15 bits per heavy atom. The summed E-state index contributed by atoms with van der Waals surface area (Å²) in [6.07, 6.45) is 2.41. The molecule has 2 heterocycles. The molecule has 0 amide bonds. The molecule has 0 aliphatic carbocycles. The topological polar surface area (TPSA) is 74.2 Å². The lowest BCUT2D eigenvalue weighted by Gasteiger charge is -2.10. The van der Waals surface area contributed by atoms with Gasteiger partial charge in [0.15, 0.2) is 23.0 Å². The molecule has 6 heteroatoms. The van der Waals surface area contributed by atoms with Crippen LogP contribution in [0.25, 0.3) is 6.08 Å². The summed E-state index contributed by atoms with van der Waals surface area (Å²) >= 11 is 0. The quantitative estimate of drug-likeness (QED) is 0.672. The maximum Gasteiger partial charge on any atom is 0.334 e. The smallest absolute Gasteiger partial charge is 0.334 e. The molecule has 134 valence electrons. The standard InChI is InChI=1S/C20H18O6/c1-23-17-4-2-13(8-16(17)21)7-15-14(10-24-20(15)22)6-12-3-5-18-19(9-12)26-11-25-18/h2-5,7-9,14,21H,6,10-11H2,1H3/b15-7+/t14-/m1/s1. The number of carbonyl (C=O) groups excluding carboxylic acids is 1. The lowest BCUT2D eigenvalue weighted by Crippen LogP contribution is -2.07. The minimum Gasteiger partial charge on any atom is -0.504 e. The van der Waals surface area contributed by atoms with Crippen LogP contribution in [0.2, 0.25) is 0 Å². The minimum absolute atomic E-state index is 0.0283. The van der Waals surface area contributed by atoms with Crippen molar-refractivity contribution in [3.8, 4) is 23.0 Å². The lowest BCUT2D eigenvalue weighted by molar-refractivity contribution is -0.135. The van der Waals surface area contributed by atoms with E-state index >= 15 is 0 Å². The van der Waals surface area contributed by atoms with Crippen LogP contribution in [-0.4, -0.2) is 31.6 Å². The van der Waals surface area contributed by atoms with Crippen molar-refractivity contribution in [1.29, 1.82) is 0 Å². The van der Waals surface area contributed by atoms with E-state index in [0.717, 1.165) is 17.1 Å². The van der Waals surface area contributed by atoms with E-state index in [9.17, 15) is 9.90 Å². The van der Waals surface area contributed by atoms with Crippen molar-refractivity contribution in [1.82, 2.24) is 0 Å². The number of carbonyl (C=O) groups is 1. The predicted octanol–water partition coefficient (Wildman–Crippen LogP) is 2.93. The van der Waals surface area contributed by atoms with E-state index in [-0.39, 0.29) is 24.4 Å². The third kappa shape index (κ3) is 3.06. The van der Waals surface area contributed by atoms with Crippen LogP contribution < -0.4 is 14.2 Å². The SMILES string of the molecule is COc1ccc(/C=C2/C(=O)OC[C@H]2Cc2ccc3c(c2)OCO3)cc1O. The van der Waals surface area contributed by atoms with Crippen LogP contribution >= 0.6 is 0 Å². The number of hydrogen-bond donors (Lipinski definition) is 1. The minimum atomic E-state index is -0.328. The van der Waals surface area contributed by atoms with Gasteiger partial charge in [-0.15, -0.1) is 0 Å². The summed E-state index contributed by atoms with van der Waals surface area (Å²) in [6.45, 7) is 0.567. The number of phenolic OH excluding ortho intramolecular Hbond substituents is 1. The Hall–Kier alpha value is -3.15. The number of rotatable bonds is 4. The second kappa shape index (κ2) is 6.63. The molecule has 1 fully saturated rings. The van der Waals surface area contributed by atoms with Crippen LogP contribution in [0, 0.1) is 5.92 Å². The van der Waals surface area contributed by atoms with E-state index in [1.165, 1.54) is 7.11 Å². The Kier molecular flexibility index (Phi) is 4.16. The van der Waals surface area contributed by atoms with Crippen molar-refractivity contribution in [2.24, 2.45) is 5.92 Å². The Morgan fingerprint density at radius 2 is 2.00 bits per heavy atom. The molecule has 2 aliphatic rings. The zero-order valence-corrected chi connectivity index (χ0v) is 14.2. The molecule has 0 bridgehead atoms. The molecule has 0 saturated carbocycles. The van der Waals surface area contributed by atoms with Crippen molar-refractivity contribution >= 4 is 12.0 Å². The number of phenols is 1. The molecule has 1 saturated heterocycles. The van der Waals surface area contributed by atoms with Gasteiger partial charge < -0.3 is 24.1 Å². The second-order valence-electron chi connectivity index (χ2n) is 6.22. The summed E-state index contributed by atoms with van der Waals surface area (Å²) in [5.41, 5.74) is 2.35. The molecule has 6 nitrogen and oxygen atoms in total. The third-order valence-corrected chi connectivity index (χ3v) is 4.54. The zero-order chi connectivity index (χ0) is 18.1. The first kappa shape index (κ1) is 16.3. The molecule has 0 radical (unpaired) electrons. The van der Waals surface area contributed by atoms with Crippen molar-refractivity contribution < 1.29 is 28.8 Å². The van der Waals surface area contributed by atoms with Crippen molar-refractivity contribution in [3.05, 3.63) is 53.1 Å². The molecule has 0 spiro atoms. The summed E-state index contributed by atoms with van der Waals surface area (Å²) in [4.78, 5) is 12.2. The first-order valence-electron chi connectivity index (χ1n) is 8.28. The number of aromatic hydroxyl groups is 1. The maximum absolute atomic E-state index is 12.2. The van der Waals surface area contributed by atoms with Gasteiger partial charge in [-0.1, -0.05) is 12.1 Å². The van der Waals surface area contributed by atoms with Gasteiger partial charge in [0.2, 0.25) is 6.79 Å². The number of benzene rings is 2. The number of hydrogen-bond acceptors (Lipinski definition) is 6. The van der Waals surface area contributed by atoms with Crippen LogP contribution in [0.1, 0.15) is 11.1 Å². The summed E-state index contributed by atoms with van der Waals surface area (Å²) in [6, 6.07) is 10.8. The largest absolute Gasteiger partial charge is 0.504 e. The van der Waals surface area contributed by atoms with Crippen LogP contribution in [0.3, 0.4) is 0 Å². The predicted molar refractivity (Wildman–Crippen MR) is 93.4 cm³/mol. The number of fused-ring (bicyclic) bond motifs is 1. The zero-order valence-electron chi connectivity index (χ0n) is 14.2. The first-order valence-corrected chi connectivity index (χ1v) is 8.28. The fourth-order valence-corrected chi connectivity index (χ4v) is 3.19. The molecule has 2 aliphatic heterocycles. The Morgan fingerprint density at radius 3 is 2.81 bits per heavy atom. The average Bonchev–Trinajstić information content (AvgIpc) is 3.23. The molecule has 4 rings (SSSR count). The molecule has 1 atom stereocenters. The Bertz CT molecular complexity index is 886. The van der Waals surface area contributed by atoms with E-state index < -0.39 is 0 Å². The summed E-state index contributed by atoms with van der Waals surface area (Å²) in [5.74, 6) is 1.48. The van der Waals surface area contributed by atoms with Gasteiger partial charge in [-0.05, 0) is 47.9 Å². The van der Waals surface area contributed by atoms with E-state index in [0.29, 0.717) is 29.9 Å². The summed E-state index contributed by atoms with van der Waals surface area (Å²) < 4.78 is 21.0. The highest BCUT2D eigenvalue weighted by molar-refractivity contribution is 5.96. The van der Waals surface area contributed by atoms with Gasteiger partial charge in [-0.25, -0.2) is 4.79 Å². The lowest BCUT2D eigenvalue weighted by atomic mass is 9.92. The number of methoxy groups -OCH3 is 1. The maximum atomic E-state index is 12.2. The van der Waals surface area contributed by atoms with Crippen LogP contribution in [-0.2, 0) is 16.0 Å². The Balaban J connectivity index is 1.58. The van der Waals surface area contributed by atoms with Crippen LogP contribution in [0.4, 0.5) is 0 Å². The van der Waals surface area contributed by atoms with E-state index in [4.69, 9.17) is 18.9 Å². The normalized spacial score (nSPS) is 19.7. The van der Waals surface area contributed by atoms with Gasteiger partial charge in [0, 0.05) is 11.5 Å². The van der Waals surface area contributed by atoms with Crippen LogP contribution in [0.5, 0.6) is 23.0 Å². The van der Waals surface area contributed by atoms with E-state index in [1.54, 1.807) is 24.3 Å². The molecule has 2 aromatic rings. The van der Waals surface area contributed by atoms with Crippen molar-refractivity contribution in [2.75, 3.05) is 20.5 Å². The second-order valence-corrected chi connectivity index (χ2v) is 6.22. The molecular weight excluding hydrogens is 336 g/mol. The van der Waals surface area contributed by atoms with Gasteiger partial charge >= 0.3 is 5.97 Å². The summed E-state index contributed by atoms with van der Waals surface area (Å²) in [5, 5.41) is 9.93. The highest BCUT2D eigenvalue weighted by Gasteiger charge is 2.31. The van der Waals surface area contributed by atoms with Gasteiger partial charge in [-0.3, -0.25) is 0 Å². The van der Waals surface area contributed by atoms with Gasteiger partial charge in [0.1, 0.15) is 0 Å². The highest BCUT2D eigenvalue weighted by Crippen LogP contribution is 2.35. The number of ether oxygens (including phenoxy) is 4. The summed E-state index contributed by atoms with van der Waals surface area (Å²) in [7, 11) is 1.49. The van der Waals surface area contributed by atoms with E-state index in [2.05, 4.69) is 0 Å². The molecule has 26 heavy (non-hydrogen) atoms. The monoisotopic (exact) mass is 354 g/mol. The van der Waals surface area contributed by atoms with Crippen LogP contribution in [0.15, 0.2) is 42.0 Å². The average molecular weight is 354 g/mol. The molecular formula is C20H18O6. The third-order valence-electron chi connectivity index (χ3n) is 4.54. The van der Waals surface area contributed by atoms with Crippen molar-refractivity contribution in [2.45, 2.75) is 6.42 Å². The van der Waals surface area contributed by atoms with Crippen molar-refractivity contribution in [3.63, 3.8) is 0 Å². The fourth-order valence-electron chi connectivity index (χ4n) is 3.19. The van der Waals surface area contributed by atoms with E-state index in [1.807, 2.05) is 18.2 Å². The number of esters is 1. The molecule has 2 aromatic carbocycles. The fraction of sp³-hybridized carbons (Fsp3) is 0.250. The van der Waals surface area contributed by atoms with Gasteiger partial charge in [0.05, 0.1) is 13.7 Å². The van der Waals surface area contributed by atoms with Gasteiger partial charge in [0.25, 0.3) is 0 Å².